The van der Waals surface area contributed by atoms with Crippen molar-refractivity contribution in [3.63, 3.8) is 0 Å². The van der Waals surface area contributed by atoms with Crippen LogP contribution in [0.15, 0.2) is 36.4 Å². The third kappa shape index (κ3) is 6.93. The molecule has 10 nitrogen and oxygen atoms in total. The van der Waals surface area contributed by atoms with E-state index in [-0.39, 0.29) is 41.1 Å². The molecular formula is C45H58N6O4S. The summed E-state index contributed by atoms with van der Waals surface area (Å²) in [5.74, 6) is 0.897. The maximum Gasteiger partial charge on any atom is 0.263 e. The maximum absolute atomic E-state index is 15.1. The first-order valence-corrected chi connectivity index (χ1v) is 22.0. The molecule has 0 spiro atoms. The molecule has 0 radical (unpaired) electrons. The normalized spacial score (nSPS) is 21.2. The lowest BCUT2D eigenvalue weighted by atomic mass is 9.81. The van der Waals surface area contributed by atoms with E-state index >= 15 is 4.79 Å². The fraction of sp³-hybridized carbons (Fsp3) is 0.533. The minimum absolute atomic E-state index is 0.0482. The number of nitrogens with one attached hydrogen (secondary N) is 1. The number of carbonyl (C=O) groups is 2. The van der Waals surface area contributed by atoms with E-state index in [1.807, 2.05) is 32.0 Å². The van der Waals surface area contributed by atoms with Crippen LogP contribution >= 0.6 is 0 Å². The van der Waals surface area contributed by atoms with Gasteiger partial charge in [-0.3, -0.25) is 23.9 Å². The van der Waals surface area contributed by atoms with E-state index in [1.165, 1.54) is 24.8 Å². The van der Waals surface area contributed by atoms with Gasteiger partial charge in [-0.25, -0.2) is 4.21 Å². The number of allylic oxidation sites excluding steroid dienone is 1. The van der Waals surface area contributed by atoms with Crippen LogP contribution in [0.2, 0.25) is 0 Å². The Morgan fingerprint density at radius 2 is 1.64 bits per heavy atom. The highest BCUT2D eigenvalue weighted by molar-refractivity contribution is 7.84. The SMILES string of the molecule is COc1ccc2c(c1)C=C(c1c(C(=O)N3CC(C)N(C)C(C)C3)c(C(C)C)nn1C1CC1)Cn1c-2c(C2CCCCC2)c2ccc(C(=O)NS(=O)C(C)C)cc21. The molecule has 4 aliphatic rings. The van der Waals surface area contributed by atoms with Crippen molar-refractivity contribution >= 4 is 45.4 Å². The Kier molecular flexibility index (Phi) is 10.5. The number of amides is 2. The minimum Gasteiger partial charge on any atom is -0.497 e. The summed E-state index contributed by atoms with van der Waals surface area (Å²) >= 11 is 0. The van der Waals surface area contributed by atoms with Crippen molar-refractivity contribution in [3.8, 4) is 17.0 Å². The summed E-state index contributed by atoms with van der Waals surface area (Å²) in [7, 11) is 2.36. The van der Waals surface area contributed by atoms with Gasteiger partial charge in [0.2, 0.25) is 0 Å². The molecule has 3 atom stereocenters. The molecule has 1 saturated heterocycles. The highest BCUT2D eigenvalue weighted by Gasteiger charge is 2.39. The third-order valence-corrected chi connectivity index (χ3v) is 14.0. The number of benzene rings is 2. The lowest BCUT2D eigenvalue weighted by molar-refractivity contribution is 0.0412. The number of piperazine rings is 1. The number of nitrogens with zero attached hydrogens (tertiary/aromatic N) is 5. The predicted molar refractivity (Wildman–Crippen MR) is 226 cm³/mol. The summed E-state index contributed by atoms with van der Waals surface area (Å²) in [6, 6.07) is 13.0. The first kappa shape index (κ1) is 38.6. The zero-order valence-electron chi connectivity index (χ0n) is 34.4. The van der Waals surface area contributed by atoms with Gasteiger partial charge in [0.05, 0.1) is 42.3 Å². The second kappa shape index (κ2) is 15.3. The maximum atomic E-state index is 15.1. The molecule has 8 rings (SSSR count). The molecule has 4 aromatic rings. The highest BCUT2D eigenvalue weighted by atomic mass is 32.2. The molecule has 2 aliphatic carbocycles. The number of carbonyl (C=O) groups excluding carboxylic acids is 2. The van der Waals surface area contributed by atoms with Crippen LogP contribution in [0.25, 0.3) is 33.8 Å². The molecule has 56 heavy (non-hydrogen) atoms. The van der Waals surface area contributed by atoms with E-state index in [1.54, 1.807) is 7.11 Å². The number of rotatable bonds is 9. The van der Waals surface area contributed by atoms with E-state index < -0.39 is 11.0 Å². The van der Waals surface area contributed by atoms with Crippen LogP contribution in [-0.4, -0.2) is 84.8 Å². The van der Waals surface area contributed by atoms with Crippen LogP contribution in [0.1, 0.15) is 148 Å². The molecule has 4 heterocycles. The van der Waals surface area contributed by atoms with E-state index in [4.69, 9.17) is 9.84 Å². The average Bonchev–Trinajstić information content (AvgIpc) is 3.91. The Bertz CT molecular complexity index is 2230. The molecule has 2 amide bonds. The molecule has 298 valence electrons. The minimum atomic E-state index is -1.50. The number of methoxy groups -OCH3 is 1. The lowest BCUT2D eigenvalue weighted by Gasteiger charge is -2.42. The van der Waals surface area contributed by atoms with Crippen molar-refractivity contribution in [2.24, 2.45) is 0 Å². The van der Waals surface area contributed by atoms with Crippen LogP contribution in [0.4, 0.5) is 0 Å². The Labute approximate surface area is 334 Å². The van der Waals surface area contributed by atoms with Crippen molar-refractivity contribution in [3.05, 3.63) is 70.0 Å². The zero-order chi connectivity index (χ0) is 39.6. The predicted octanol–water partition coefficient (Wildman–Crippen LogP) is 8.54. The monoisotopic (exact) mass is 778 g/mol. The molecule has 2 aromatic heterocycles. The third-order valence-electron chi connectivity index (χ3n) is 12.7. The van der Waals surface area contributed by atoms with Gasteiger partial charge in [0.1, 0.15) is 16.7 Å². The Morgan fingerprint density at radius 1 is 0.929 bits per heavy atom. The number of aromatic nitrogens is 3. The Morgan fingerprint density at radius 3 is 2.29 bits per heavy atom. The van der Waals surface area contributed by atoms with E-state index in [0.717, 1.165) is 81.7 Å². The van der Waals surface area contributed by atoms with Gasteiger partial charge in [-0.1, -0.05) is 39.2 Å². The van der Waals surface area contributed by atoms with Gasteiger partial charge in [-0.2, -0.15) is 5.10 Å². The zero-order valence-corrected chi connectivity index (χ0v) is 35.2. The lowest BCUT2D eigenvalue weighted by Crippen LogP contribution is -2.56. The molecule has 3 unspecified atom stereocenters. The number of hydrogen-bond donors (Lipinski definition) is 1. The van der Waals surface area contributed by atoms with Gasteiger partial charge in [0, 0.05) is 52.5 Å². The number of likely N-dealkylation sites (N-methyl/N-ethyl adjacent to an activating group) is 1. The highest BCUT2D eigenvalue weighted by Crippen LogP contribution is 2.49. The molecular weight excluding hydrogens is 721 g/mol. The fourth-order valence-electron chi connectivity index (χ4n) is 9.28. The summed E-state index contributed by atoms with van der Waals surface area (Å²) in [5.41, 5.74) is 9.58. The second-order valence-corrected chi connectivity index (χ2v) is 19.1. The van der Waals surface area contributed by atoms with Crippen molar-refractivity contribution < 1.29 is 18.5 Å². The van der Waals surface area contributed by atoms with Crippen LogP contribution in [0.3, 0.4) is 0 Å². The van der Waals surface area contributed by atoms with Gasteiger partial charge < -0.3 is 14.2 Å². The van der Waals surface area contributed by atoms with Gasteiger partial charge in [-0.15, -0.1) is 0 Å². The van der Waals surface area contributed by atoms with Gasteiger partial charge >= 0.3 is 0 Å². The van der Waals surface area contributed by atoms with Crippen LogP contribution in [-0.2, 0) is 17.5 Å². The summed E-state index contributed by atoms with van der Waals surface area (Å²) in [6.07, 6.45) is 10.2. The van der Waals surface area contributed by atoms with Gasteiger partial charge in [-0.05, 0) is 125 Å². The molecule has 0 bridgehead atoms. The summed E-state index contributed by atoms with van der Waals surface area (Å²) in [5, 5.41) is 6.26. The van der Waals surface area contributed by atoms with E-state index in [9.17, 15) is 9.00 Å². The first-order chi connectivity index (χ1) is 26.9. The summed E-state index contributed by atoms with van der Waals surface area (Å²) in [4.78, 5) is 33.2. The van der Waals surface area contributed by atoms with Crippen LogP contribution < -0.4 is 9.46 Å². The topological polar surface area (TPSA) is 102 Å². The standard InChI is InChI=1S/C45H58N6O4S/c1-26(2)41-40(45(53)49-23-28(5)48(7)29(6)24-49)42(51(46-41)34-15-16-34)33-20-32-21-35(55-8)17-19-36(32)43-39(30-12-10-9-11-13-30)37-18-14-31(22-38(37)50(43)25-33)44(52)47-56(54)27(3)4/h14,17-22,26-30,34H,9-13,15-16,23-25H2,1-8H3,(H,47,52). The first-order valence-electron chi connectivity index (χ1n) is 20.8. The fourth-order valence-corrected chi connectivity index (χ4v) is 9.82. The van der Waals surface area contributed by atoms with Crippen LogP contribution in [0, 0.1) is 0 Å². The van der Waals surface area contributed by atoms with Crippen molar-refractivity contribution in [1.29, 1.82) is 0 Å². The molecule has 1 N–H and O–H groups in total. The number of hydrogen-bond acceptors (Lipinski definition) is 6. The van der Waals surface area contributed by atoms with E-state index in [2.05, 4.69) is 82.8 Å². The average molecular weight is 779 g/mol. The molecule has 11 heteroatoms. The summed E-state index contributed by atoms with van der Waals surface area (Å²) in [6.45, 7) is 14.2. The largest absolute Gasteiger partial charge is 0.497 e. The molecule has 2 saturated carbocycles. The number of ether oxygens (including phenoxy) is 1. The van der Waals surface area contributed by atoms with Crippen molar-refractivity contribution in [2.45, 2.75) is 128 Å². The van der Waals surface area contributed by atoms with Crippen LogP contribution in [0.5, 0.6) is 5.75 Å². The van der Waals surface area contributed by atoms with E-state index in [0.29, 0.717) is 31.1 Å². The Balaban J connectivity index is 1.37. The quantitative estimate of drug-likeness (QED) is 0.183. The Hall–Kier alpha value is -4.22. The number of fused-ring (bicyclic) bond motifs is 5. The smallest absolute Gasteiger partial charge is 0.263 e. The van der Waals surface area contributed by atoms with Gasteiger partial charge in [0.15, 0.2) is 0 Å². The summed E-state index contributed by atoms with van der Waals surface area (Å²) < 4.78 is 25.9. The van der Waals surface area contributed by atoms with Crippen molar-refractivity contribution in [1.82, 2.24) is 28.9 Å². The molecule has 2 aliphatic heterocycles. The van der Waals surface area contributed by atoms with Crippen molar-refractivity contribution in [2.75, 3.05) is 27.2 Å². The van der Waals surface area contributed by atoms with Gasteiger partial charge in [0.25, 0.3) is 11.8 Å². The molecule has 3 fully saturated rings. The second-order valence-electron chi connectivity index (χ2n) is 17.3. The molecule has 2 aromatic carbocycles.